The molecule has 194 valence electrons. The molecular formula is C20H30FN6O7P. The Morgan fingerprint density at radius 2 is 2.17 bits per heavy atom. The molecule has 0 aromatic carbocycles. The van der Waals surface area contributed by atoms with Gasteiger partial charge >= 0.3 is 13.7 Å². The first-order chi connectivity index (χ1) is 16.4. The molecule has 0 radical (unpaired) electrons. The molecule has 2 aliphatic heterocycles. The first-order valence-corrected chi connectivity index (χ1v) is 12.8. The van der Waals surface area contributed by atoms with E-state index in [4.69, 9.17) is 29.0 Å². The summed E-state index contributed by atoms with van der Waals surface area (Å²) in [5.41, 5.74) is 4.17. The van der Waals surface area contributed by atoms with Gasteiger partial charge in [-0.2, -0.15) is 9.97 Å². The van der Waals surface area contributed by atoms with Crippen LogP contribution in [0.2, 0.25) is 0 Å². The van der Waals surface area contributed by atoms with Crippen molar-refractivity contribution < 1.29 is 37.0 Å². The molecule has 13 nitrogen and oxygen atoms in total. The van der Waals surface area contributed by atoms with Crippen LogP contribution in [-0.2, 0) is 27.9 Å². The highest BCUT2D eigenvalue weighted by molar-refractivity contribution is 7.51. The fourth-order valence-corrected chi connectivity index (χ4v) is 5.72. The molecule has 0 spiro atoms. The van der Waals surface area contributed by atoms with E-state index in [9.17, 15) is 9.36 Å². The minimum atomic E-state index is -3.93. The smallest absolute Gasteiger partial charge is 0.406 e. The fourth-order valence-electron chi connectivity index (χ4n) is 3.92. The number of esters is 1. The van der Waals surface area contributed by atoms with Crippen LogP contribution in [-0.4, -0.2) is 69.2 Å². The number of nitrogens with zero attached hydrogens (tertiary/aromatic N) is 4. The van der Waals surface area contributed by atoms with Crippen molar-refractivity contribution in [1.29, 1.82) is 0 Å². The molecule has 2 saturated heterocycles. The van der Waals surface area contributed by atoms with E-state index < -0.39 is 43.9 Å². The number of hydrogen-bond acceptors (Lipinski definition) is 11. The lowest BCUT2D eigenvalue weighted by Crippen LogP contribution is -2.47. The van der Waals surface area contributed by atoms with Crippen molar-refractivity contribution >= 4 is 30.8 Å². The molecular weight excluding hydrogens is 486 g/mol. The number of nitrogen functional groups attached to an aromatic ring is 1. The standard InChI is InChI=1S/C20H30FN6O7P/c1-6-30-16-13-15(24-19(22)25-16)27(9-23-13)18-20(5,21)14-12(33-18)8-32-35(29,34-14)26-11(4)7-31-17(28)10(2)3/h9-12,14,18H,6-8H2,1-5H3,(H,26,29)(H2,22,24,25)/t11-,12+,14+,18+,20+,35-/m0/s1. The van der Waals surface area contributed by atoms with E-state index in [1.165, 1.54) is 17.8 Å². The number of fused-ring (bicyclic) bond motifs is 2. The summed E-state index contributed by atoms with van der Waals surface area (Å²) >= 11 is 0. The van der Waals surface area contributed by atoms with Gasteiger partial charge in [0, 0.05) is 6.04 Å². The van der Waals surface area contributed by atoms with E-state index in [0.717, 1.165) is 0 Å². The Morgan fingerprint density at radius 3 is 2.86 bits per heavy atom. The van der Waals surface area contributed by atoms with Crippen LogP contribution < -0.4 is 15.6 Å². The van der Waals surface area contributed by atoms with E-state index in [2.05, 4.69) is 20.0 Å². The maximum absolute atomic E-state index is 16.2. The number of ether oxygens (including phenoxy) is 3. The van der Waals surface area contributed by atoms with Gasteiger partial charge in [-0.15, -0.1) is 0 Å². The van der Waals surface area contributed by atoms with E-state index >= 15 is 4.39 Å². The maximum Gasteiger partial charge on any atom is 0.406 e. The number of imidazole rings is 1. The highest BCUT2D eigenvalue weighted by Crippen LogP contribution is 2.57. The summed E-state index contributed by atoms with van der Waals surface area (Å²) in [4.78, 5) is 24.2. The summed E-state index contributed by atoms with van der Waals surface area (Å²) in [6.07, 6.45) is -1.96. The number of nitrogens with one attached hydrogen (secondary N) is 1. The Morgan fingerprint density at radius 1 is 1.43 bits per heavy atom. The minimum absolute atomic E-state index is 0.0574. The second-order valence-electron chi connectivity index (χ2n) is 8.96. The van der Waals surface area contributed by atoms with Crippen molar-refractivity contribution in [2.24, 2.45) is 5.92 Å². The van der Waals surface area contributed by atoms with E-state index in [1.54, 1.807) is 27.7 Å². The van der Waals surface area contributed by atoms with Crippen molar-refractivity contribution in [1.82, 2.24) is 24.6 Å². The number of halogens is 1. The van der Waals surface area contributed by atoms with E-state index in [1.807, 2.05) is 0 Å². The number of aromatic nitrogens is 4. The van der Waals surface area contributed by atoms with Crippen molar-refractivity contribution in [3.05, 3.63) is 6.33 Å². The quantitative estimate of drug-likeness (QED) is 0.389. The molecule has 0 bridgehead atoms. The average Bonchev–Trinajstić information content (AvgIpc) is 3.30. The normalized spacial score (nSPS) is 31.5. The molecule has 6 atom stereocenters. The van der Waals surface area contributed by atoms with Crippen LogP contribution in [0.4, 0.5) is 10.3 Å². The number of rotatable bonds is 8. The van der Waals surface area contributed by atoms with Crippen LogP contribution in [0.1, 0.15) is 40.8 Å². The van der Waals surface area contributed by atoms with Crippen LogP contribution in [0, 0.1) is 5.92 Å². The molecule has 35 heavy (non-hydrogen) atoms. The predicted molar refractivity (Wildman–Crippen MR) is 121 cm³/mol. The summed E-state index contributed by atoms with van der Waals surface area (Å²) in [6, 6.07) is -0.571. The third-order valence-electron chi connectivity index (χ3n) is 5.61. The van der Waals surface area contributed by atoms with Gasteiger partial charge in [0.15, 0.2) is 23.1 Å². The first kappa shape index (κ1) is 25.7. The van der Waals surface area contributed by atoms with Crippen molar-refractivity contribution in [3.8, 4) is 5.88 Å². The molecule has 2 aromatic heterocycles. The fraction of sp³-hybridized carbons (Fsp3) is 0.700. The average molecular weight is 516 g/mol. The Kier molecular flexibility index (Phi) is 7.04. The number of carbonyl (C=O) groups is 1. The second-order valence-corrected chi connectivity index (χ2v) is 10.7. The lowest BCUT2D eigenvalue weighted by Gasteiger charge is -2.35. The van der Waals surface area contributed by atoms with Gasteiger partial charge in [0.05, 0.1) is 25.5 Å². The van der Waals surface area contributed by atoms with Crippen LogP contribution in [0.3, 0.4) is 0 Å². The highest BCUT2D eigenvalue weighted by atomic mass is 31.2. The Labute approximate surface area is 201 Å². The highest BCUT2D eigenvalue weighted by Gasteiger charge is 2.61. The molecule has 0 amide bonds. The summed E-state index contributed by atoms with van der Waals surface area (Å²) in [5, 5.41) is 2.69. The lowest BCUT2D eigenvalue weighted by atomic mass is 9.98. The van der Waals surface area contributed by atoms with Gasteiger partial charge < -0.3 is 19.9 Å². The summed E-state index contributed by atoms with van der Waals surface area (Å²) in [7, 11) is -3.93. The number of hydrogen-bond donors (Lipinski definition) is 2. The van der Waals surface area contributed by atoms with Crippen molar-refractivity contribution in [3.63, 3.8) is 0 Å². The number of carbonyl (C=O) groups excluding carboxylic acids is 1. The summed E-state index contributed by atoms with van der Waals surface area (Å²) in [6.45, 7) is 8.20. The first-order valence-electron chi connectivity index (χ1n) is 11.3. The molecule has 4 heterocycles. The number of anilines is 1. The predicted octanol–water partition coefficient (Wildman–Crippen LogP) is 2.13. The maximum atomic E-state index is 16.2. The molecule has 3 N–H and O–H groups in total. The second kappa shape index (κ2) is 9.58. The zero-order chi connectivity index (χ0) is 25.5. The minimum Gasteiger partial charge on any atom is -0.476 e. The number of alkyl halides is 1. The Bertz CT molecular complexity index is 1140. The third-order valence-corrected chi connectivity index (χ3v) is 7.36. The van der Waals surface area contributed by atoms with E-state index in [0.29, 0.717) is 12.1 Å². The molecule has 2 aromatic rings. The Balaban J connectivity index is 1.53. The molecule has 4 rings (SSSR count). The SMILES string of the molecule is CCOc1nc(N)nc2c1ncn2[C@@H]1O[C@@H]2CO[P@@](=O)(N[C@@H](C)COC(=O)C(C)C)O[C@H]2[C@@]1(C)F. The van der Waals surface area contributed by atoms with Crippen molar-refractivity contribution in [2.45, 2.75) is 64.8 Å². The zero-order valence-corrected chi connectivity index (χ0v) is 21.0. The molecule has 0 unspecified atom stereocenters. The monoisotopic (exact) mass is 516 g/mol. The van der Waals surface area contributed by atoms with Gasteiger partial charge in [0.2, 0.25) is 11.8 Å². The summed E-state index contributed by atoms with van der Waals surface area (Å²) in [5.74, 6) is -0.593. The van der Waals surface area contributed by atoms with Crippen LogP contribution in [0.5, 0.6) is 5.88 Å². The van der Waals surface area contributed by atoms with Gasteiger partial charge in [0.1, 0.15) is 18.8 Å². The van der Waals surface area contributed by atoms with Gasteiger partial charge in [-0.05, 0) is 20.8 Å². The van der Waals surface area contributed by atoms with Gasteiger partial charge in [-0.1, -0.05) is 13.8 Å². The lowest BCUT2D eigenvalue weighted by molar-refractivity contribution is -0.147. The van der Waals surface area contributed by atoms with Gasteiger partial charge in [0.25, 0.3) is 0 Å². The molecule has 15 heteroatoms. The zero-order valence-electron chi connectivity index (χ0n) is 20.1. The van der Waals surface area contributed by atoms with Crippen LogP contribution in [0.25, 0.3) is 11.2 Å². The molecule has 2 aliphatic rings. The third kappa shape index (κ3) is 4.98. The van der Waals surface area contributed by atoms with Gasteiger partial charge in [-0.25, -0.2) is 19.0 Å². The largest absolute Gasteiger partial charge is 0.476 e. The van der Waals surface area contributed by atoms with Gasteiger partial charge in [-0.3, -0.25) is 18.4 Å². The summed E-state index contributed by atoms with van der Waals surface area (Å²) < 4.78 is 58.4. The Hall–Kier alpha value is -2.38. The molecule has 0 aliphatic carbocycles. The van der Waals surface area contributed by atoms with E-state index in [-0.39, 0.29) is 36.6 Å². The topological polar surface area (TPSA) is 162 Å². The molecule has 0 saturated carbocycles. The number of nitrogens with two attached hydrogens (primary N) is 1. The van der Waals surface area contributed by atoms with Crippen molar-refractivity contribution in [2.75, 3.05) is 25.6 Å². The van der Waals surface area contributed by atoms with Crippen LogP contribution in [0.15, 0.2) is 6.33 Å². The molecule has 2 fully saturated rings. The van der Waals surface area contributed by atoms with Crippen LogP contribution >= 0.6 is 7.75 Å².